The Labute approximate surface area is 168 Å². The first-order valence-electron chi connectivity index (χ1n) is 8.82. The summed E-state index contributed by atoms with van der Waals surface area (Å²) in [7, 11) is 0. The minimum atomic E-state index is 0.232. The summed E-state index contributed by atoms with van der Waals surface area (Å²) in [5.41, 5.74) is 10.9. The summed E-state index contributed by atoms with van der Waals surface area (Å²) in [6, 6.07) is 23.8. The number of nitrogen functional groups attached to an aromatic ring is 1. The van der Waals surface area contributed by atoms with E-state index in [4.69, 9.17) is 17.3 Å². The van der Waals surface area contributed by atoms with Crippen molar-refractivity contribution in [1.29, 1.82) is 0 Å². The fourth-order valence-corrected chi connectivity index (χ4v) is 3.13. The van der Waals surface area contributed by atoms with Crippen molar-refractivity contribution in [1.82, 2.24) is 15.0 Å². The van der Waals surface area contributed by atoms with Gasteiger partial charge in [-0.05, 0) is 41.8 Å². The SMILES string of the molecule is Nc1nc(Nc2ccc(Cc3ccnc(Cl)c3)cc2)cc(-c2ccccc2)n1. The largest absolute Gasteiger partial charge is 0.368 e. The second kappa shape index (κ2) is 8.06. The molecule has 3 N–H and O–H groups in total. The highest BCUT2D eigenvalue weighted by molar-refractivity contribution is 6.29. The van der Waals surface area contributed by atoms with Gasteiger partial charge in [-0.15, -0.1) is 0 Å². The van der Waals surface area contributed by atoms with Crippen LogP contribution < -0.4 is 11.1 Å². The number of hydrogen-bond acceptors (Lipinski definition) is 5. The predicted molar refractivity (Wildman–Crippen MR) is 114 cm³/mol. The van der Waals surface area contributed by atoms with E-state index < -0.39 is 0 Å². The van der Waals surface area contributed by atoms with E-state index in [2.05, 4.69) is 32.4 Å². The molecule has 0 spiro atoms. The molecule has 0 saturated carbocycles. The molecule has 6 heteroatoms. The Hall–Kier alpha value is -3.44. The number of nitrogens with two attached hydrogens (primary N) is 1. The summed E-state index contributed by atoms with van der Waals surface area (Å²) in [5.74, 6) is 0.884. The highest BCUT2D eigenvalue weighted by Gasteiger charge is 2.06. The van der Waals surface area contributed by atoms with Gasteiger partial charge in [0.05, 0.1) is 5.69 Å². The number of rotatable bonds is 5. The van der Waals surface area contributed by atoms with E-state index >= 15 is 0 Å². The molecule has 4 rings (SSSR count). The Balaban J connectivity index is 1.51. The van der Waals surface area contributed by atoms with Gasteiger partial charge in [-0.1, -0.05) is 54.1 Å². The van der Waals surface area contributed by atoms with E-state index in [-0.39, 0.29) is 5.95 Å². The van der Waals surface area contributed by atoms with E-state index in [0.717, 1.165) is 28.9 Å². The Morgan fingerprint density at radius 3 is 2.39 bits per heavy atom. The van der Waals surface area contributed by atoms with Crippen LogP contribution in [0, 0.1) is 0 Å². The zero-order chi connectivity index (χ0) is 19.3. The molecule has 28 heavy (non-hydrogen) atoms. The van der Waals surface area contributed by atoms with Crippen molar-refractivity contribution in [2.45, 2.75) is 6.42 Å². The molecule has 4 aromatic rings. The lowest BCUT2D eigenvalue weighted by atomic mass is 10.1. The molecule has 0 aliphatic heterocycles. The minimum Gasteiger partial charge on any atom is -0.368 e. The standard InChI is InChI=1S/C22H18ClN5/c23-20-13-16(10-11-25-20)12-15-6-8-18(9-7-15)26-21-14-19(27-22(24)28-21)17-4-2-1-3-5-17/h1-11,13-14H,12H2,(H3,24,26,27,28). The second-order valence-electron chi connectivity index (χ2n) is 6.35. The van der Waals surface area contributed by atoms with Crippen molar-refractivity contribution < 1.29 is 0 Å². The van der Waals surface area contributed by atoms with Crippen LogP contribution in [0.2, 0.25) is 5.15 Å². The molecule has 2 aromatic carbocycles. The molecule has 0 unspecified atom stereocenters. The predicted octanol–water partition coefficient (Wildman–Crippen LogP) is 5.11. The Bertz CT molecular complexity index is 1080. The molecular formula is C22H18ClN5. The van der Waals surface area contributed by atoms with Crippen LogP contribution in [-0.4, -0.2) is 15.0 Å². The Morgan fingerprint density at radius 2 is 1.64 bits per heavy atom. The number of aromatic nitrogens is 3. The van der Waals surface area contributed by atoms with E-state index in [1.165, 1.54) is 5.56 Å². The third-order valence-electron chi connectivity index (χ3n) is 4.24. The van der Waals surface area contributed by atoms with Gasteiger partial charge < -0.3 is 11.1 Å². The molecular weight excluding hydrogens is 370 g/mol. The van der Waals surface area contributed by atoms with E-state index in [9.17, 15) is 0 Å². The quantitative estimate of drug-likeness (QED) is 0.465. The summed E-state index contributed by atoms with van der Waals surface area (Å²) in [6.45, 7) is 0. The normalized spacial score (nSPS) is 10.6. The first-order chi connectivity index (χ1) is 13.7. The lowest BCUT2D eigenvalue weighted by Gasteiger charge is -2.09. The number of nitrogens with one attached hydrogen (secondary N) is 1. The van der Waals surface area contributed by atoms with Crippen LogP contribution in [0.3, 0.4) is 0 Å². The second-order valence-corrected chi connectivity index (χ2v) is 6.74. The molecule has 0 saturated heterocycles. The monoisotopic (exact) mass is 387 g/mol. The van der Waals surface area contributed by atoms with Gasteiger partial charge in [0.1, 0.15) is 11.0 Å². The maximum absolute atomic E-state index is 5.95. The van der Waals surface area contributed by atoms with Gasteiger partial charge in [-0.2, -0.15) is 4.98 Å². The molecule has 0 aliphatic carbocycles. The summed E-state index contributed by atoms with van der Waals surface area (Å²) in [6.07, 6.45) is 2.51. The number of pyridine rings is 1. The van der Waals surface area contributed by atoms with Crippen LogP contribution in [-0.2, 0) is 6.42 Å². The lowest BCUT2D eigenvalue weighted by Crippen LogP contribution is -2.01. The average molecular weight is 388 g/mol. The topological polar surface area (TPSA) is 76.7 Å². The first-order valence-corrected chi connectivity index (χ1v) is 9.20. The third kappa shape index (κ3) is 4.45. The zero-order valence-electron chi connectivity index (χ0n) is 15.0. The van der Waals surface area contributed by atoms with Crippen molar-refractivity contribution >= 4 is 29.1 Å². The first kappa shape index (κ1) is 17.9. The summed E-state index contributed by atoms with van der Waals surface area (Å²) < 4.78 is 0. The van der Waals surface area contributed by atoms with Crippen LogP contribution in [0.25, 0.3) is 11.3 Å². The van der Waals surface area contributed by atoms with Gasteiger partial charge in [0.15, 0.2) is 0 Å². The van der Waals surface area contributed by atoms with Crippen LogP contribution in [0.5, 0.6) is 0 Å². The zero-order valence-corrected chi connectivity index (χ0v) is 15.8. The number of nitrogens with zero attached hydrogens (tertiary/aromatic N) is 3. The number of hydrogen-bond donors (Lipinski definition) is 2. The van der Waals surface area contributed by atoms with Crippen molar-refractivity contribution in [2.24, 2.45) is 0 Å². The van der Waals surface area contributed by atoms with Crippen molar-refractivity contribution in [3.05, 3.63) is 95.3 Å². The number of anilines is 3. The molecule has 0 bridgehead atoms. The highest BCUT2D eigenvalue weighted by Crippen LogP contribution is 2.23. The van der Waals surface area contributed by atoms with Gasteiger partial charge in [0.25, 0.3) is 0 Å². The van der Waals surface area contributed by atoms with Gasteiger partial charge in [0, 0.05) is 23.5 Å². The van der Waals surface area contributed by atoms with Crippen molar-refractivity contribution in [3.63, 3.8) is 0 Å². The third-order valence-corrected chi connectivity index (χ3v) is 4.45. The summed E-state index contributed by atoms with van der Waals surface area (Å²) in [5, 5.41) is 3.80. The van der Waals surface area contributed by atoms with E-state index in [1.807, 2.05) is 60.7 Å². The lowest BCUT2D eigenvalue weighted by molar-refractivity contribution is 1.16. The molecule has 0 atom stereocenters. The van der Waals surface area contributed by atoms with Gasteiger partial charge >= 0.3 is 0 Å². The maximum atomic E-state index is 5.95. The Kier molecular flexibility index (Phi) is 5.17. The Morgan fingerprint density at radius 1 is 0.857 bits per heavy atom. The maximum Gasteiger partial charge on any atom is 0.222 e. The number of benzene rings is 2. The molecule has 2 heterocycles. The van der Waals surface area contributed by atoms with Crippen LogP contribution in [0.1, 0.15) is 11.1 Å². The van der Waals surface area contributed by atoms with E-state index in [1.54, 1.807) is 6.20 Å². The molecule has 5 nitrogen and oxygen atoms in total. The molecule has 0 amide bonds. The number of halogens is 1. The van der Waals surface area contributed by atoms with Crippen LogP contribution in [0.4, 0.5) is 17.5 Å². The summed E-state index contributed by atoms with van der Waals surface area (Å²) in [4.78, 5) is 12.6. The van der Waals surface area contributed by atoms with Gasteiger partial charge in [-0.3, -0.25) is 0 Å². The fourth-order valence-electron chi connectivity index (χ4n) is 2.93. The molecule has 138 valence electrons. The van der Waals surface area contributed by atoms with E-state index in [0.29, 0.717) is 11.0 Å². The summed E-state index contributed by atoms with van der Waals surface area (Å²) >= 11 is 5.95. The molecule has 0 radical (unpaired) electrons. The molecule has 0 fully saturated rings. The molecule has 0 aliphatic rings. The van der Waals surface area contributed by atoms with Crippen LogP contribution >= 0.6 is 11.6 Å². The van der Waals surface area contributed by atoms with Gasteiger partial charge in [-0.25, -0.2) is 9.97 Å². The van der Waals surface area contributed by atoms with Gasteiger partial charge in [0.2, 0.25) is 5.95 Å². The fraction of sp³-hybridized carbons (Fsp3) is 0.0455. The van der Waals surface area contributed by atoms with Crippen molar-refractivity contribution in [3.8, 4) is 11.3 Å². The highest BCUT2D eigenvalue weighted by atomic mass is 35.5. The minimum absolute atomic E-state index is 0.232. The smallest absolute Gasteiger partial charge is 0.222 e. The van der Waals surface area contributed by atoms with Crippen LogP contribution in [0.15, 0.2) is 79.0 Å². The molecule has 2 aromatic heterocycles. The van der Waals surface area contributed by atoms with Crippen molar-refractivity contribution in [2.75, 3.05) is 11.1 Å². The average Bonchev–Trinajstić information content (AvgIpc) is 2.70.